The summed E-state index contributed by atoms with van der Waals surface area (Å²) in [5, 5.41) is 0.579. The molecule has 5 nitrogen and oxygen atoms in total. The van der Waals surface area contributed by atoms with E-state index >= 15 is 0 Å². The SMILES string of the molecule is COc1ccc(C(=O)N(CCCN(C)C)c2nc3ccc(F)cc3s2)cc1. The van der Waals surface area contributed by atoms with Crippen LogP contribution in [0.5, 0.6) is 5.75 Å². The van der Waals surface area contributed by atoms with E-state index in [0.717, 1.165) is 17.7 Å². The molecule has 0 aliphatic heterocycles. The molecule has 0 spiro atoms. The van der Waals surface area contributed by atoms with E-state index in [9.17, 15) is 9.18 Å². The molecule has 0 N–H and O–H groups in total. The Bertz CT molecular complexity index is 925. The van der Waals surface area contributed by atoms with Gasteiger partial charge in [0.05, 0.1) is 17.3 Å². The van der Waals surface area contributed by atoms with Gasteiger partial charge in [0.2, 0.25) is 0 Å². The number of thiazole rings is 1. The van der Waals surface area contributed by atoms with Crippen LogP contribution in [0.1, 0.15) is 16.8 Å². The second-order valence-electron chi connectivity index (χ2n) is 6.45. The summed E-state index contributed by atoms with van der Waals surface area (Å²) in [4.78, 5) is 21.4. The number of benzene rings is 2. The molecule has 0 bridgehead atoms. The first kappa shape index (κ1) is 19.3. The van der Waals surface area contributed by atoms with Gasteiger partial charge in [-0.1, -0.05) is 11.3 Å². The van der Waals surface area contributed by atoms with Crippen molar-refractivity contribution in [1.29, 1.82) is 0 Å². The number of hydrogen-bond donors (Lipinski definition) is 0. The van der Waals surface area contributed by atoms with Gasteiger partial charge in [0, 0.05) is 12.1 Å². The van der Waals surface area contributed by atoms with Crippen LogP contribution < -0.4 is 9.64 Å². The largest absolute Gasteiger partial charge is 0.497 e. The smallest absolute Gasteiger partial charge is 0.260 e. The zero-order valence-corrected chi connectivity index (χ0v) is 16.4. The molecule has 0 saturated carbocycles. The molecule has 1 heterocycles. The number of hydrogen-bond acceptors (Lipinski definition) is 5. The third kappa shape index (κ3) is 4.61. The van der Waals surface area contributed by atoms with Crippen molar-refractivity contribution in [3.05, 3.63) is 53.8 Å². The molecule has 3 rings (SSSR count). The first-order valence-corrected chi connectivity index (χ1v) is 9.46. The monoisotopic (exact) mass is 387 g/mol. The molecule has 1 aromatic heterocycles. The first-order chi connectivity index (χ1) is 13.0. The molecule has 27 heavy (non-hydrogen) atoms. The molecule has 0 aliphatic carbocycles. The first-order valence-electron chi connectivity index (χ1n) is 8.64. The lowest BCUT2D eigenvalue weighted by Gasteiger charge is -2.21. The Kier molecular flexibility index (Phi) is 6.03. The van der Waals surface area contributed by atoms with E-state index in [-0.39, 0.29) is 11.7 Å². The van der Waals surface area contributed by atoms with Crippen molar-refractivity contribution in [2.45, 2.75) is 6.42 Å². The fourth-order valence-electron chi connectivity index (χ4n) is 2.72. The van der Waals surface area contributed by atoms with E-state index in [1.807, 2.05) is 14.1 Å². The van der Waals surface area contributed by atoms with E-state index in [0.29, 0.717) is 28.5 Å². The summed E-state index contributed by atoms with van der Waals surface area (Å²) in [7, 11) is 5.58. The zero-order valence-electron chi connectivity index (χ0n) is 15.6. The highest BCUT2D eigenvalue weighted by Gasteiger charge is 2.21. The number of nitrogens with zero attached hydrogens (tertiary/aromatic N) is 3. The Labute approximate surface area is 162 Å². The number of carbonyl (C=O) groups excluding carboxylic acids is 1. The van der Waals surface area contributed by atoms with E-state index in [4.69, 9.17) is 4.74 Å². The predicted octanol–water partition coefficient (Wildman–Crippen LogP) is 4.04. The standard InChI is InChI=1S/C20H22FN3O2S/c1-23(2)11-4-12-24(19(25)14-5-8-16(26-3)9-6-14)20-22-17-10-7-15(21)13-18(17)27-20/h5-10,13H,4,11-12H2,1-3H3. The van der Waals surface area contributed by atoms with Gasteiger partial charge < -0.3 is 9.64 Å². The lowest BCUT2D eigenvalue weighted by atomic mass is 10.2. The number of aromatic nitrogens is 1. The Morgan fingerprint density at radius 1 is 1.15 bits per heavy atom. The van der Waals surface area contributed by atoms with Gasteiger partial charge in [0.25, 0.3) is 5.91 Å². The number of halogens is 1. The van der Waals surface area contributed by atoms with Crippen molar-refractivity contribution < 1.29 is 13.9 Å². The van der Waals surface area contributed by atoms with Crippen molar-refractivity contribution in [3.63, 3.8) is 0 Å². The number of methoxy groups -OCH3 is 1. The quantitative estimate of drug-likeness (QED) is 0.614. The maximum atomic E-state index is 13.5. The van der Waals surface area contributed by atoms with Gasteiger partial charge in [-0.3, -0.25) is 9.69 Å². The number of rotatable bonds is 7. The van der Waals surface area contributed by atoms with Gasteiger partial charge in [-0.2, -0.15) is 0 Å². The third-order valence-corrected chi connectivity index (χ3v) is 5.18. The molecule has 0 unspecified atom stereocenters. The van der Waals surface area contributed by atoms with Crippen molar-refractivity contribution in [2.75, 3.05) is 39.2 Å². The Morgan fingerprint density at radius 3 is 2.56 bits per heavy atom. The van der Waals surface area contributed by atoms with Crippen LogP contribution in [-0.2, 0) is 0 Å². The maximum absolute atomic E-state index is 13.5. The van der Waals surface area contributed by atoms with Crippen LogP contribution in [0.2, 0.25) is 0 Å². The summed E-state index contributed by atoms with van der Waals surface area (Å²) >= 11 is 1.32. The van der Waals surface area contributed by atoms with E-state index < -0.39 is 0 Å². The highest BCUT2D eigenvalue weighted by atomic mass is 32.1. The normalized spacial score (nSPS) is 11.1. The summed E-state index contributed by atoms with van der Waals surface area (Å²) in [6, 6.07) is 11.5. The summed E-state index contributed by atoms with van der Waals surface area (Å²) in [5.41, 5.74) is 1.25. The average molecular weight is 387 g/mol. The molecule has 142 valence electrons. The Hall–Kier alpha value is -2.51. The lowest BCUT2D eigenvalue weighted by Crippen LogP contribution is -2.33. The van der Waals surface area contributed by atoms with Crippen molar-refractivity contribution in [3.8, 4) is 5.75 Å². The maximum Gasteiger partial charge on any atom is 0.260 e. The molecule has 2 aromatic carbocycles. The molecule has 0 saturated heterocycles. The van der Waals surface area contributed by atoms with Crippen LogP contribution in [0.4, 0.5) is 9.52 Å². The lowest BCUT2D eigenvalue weighted by molar-refractivity contribution is 0.0986. The van der Waals surface area contributed by atoms with Crippen LogP contribution in [-0.4, -0.2) is 50.1 Å². The second-order valence-corrected chi connectivity index (χ2v) is 7.46. The molecule has 0 atom stereocenters. The van der Waals surface area contributed by atoms with Gasteiger partial charge >= 0.3 is 0 Å². The van der Waals surface area contributed by atoms with Gasteiger partial charge in [-0.25, -0.2) is 9.37 Å². The summed E-state index contributed by atoms with van der Waals surface area (Å²) in [6.07, 6.45) is 0.805. The summed E-state index contributed by atoms with van der Waals surface area (Å²) < 4.78 is 19.4. The minimum Gasteiger partial charge on any atom is -0.497 e. The Morgan fingerprint density at radius 2 is 1.89 bits per heavy atom. The highest BCUT2D eigenvalue weighted by molar-refractivity contribution is 7.22. The van der Waals surface area contributed by atoms with Gasteiger partial charge in [-0.05, 0) is 69.5 Å². The predicted molar refractivity (Wildman–Crippen MR) is 107 cm³/mol. The summed E-state index contributed by atoms with van der Waals surface area (Å²) in [5.74, 6) is 0.260. The van der Waals surface area contributed by atoms with Crippen molar-refractivity contribution in [1.82, 2.24) is 9.88 Å². The van der Waals surface area contributed by atoms with Crippen molar-refractivity contribution in [2.24, 2.45) is 0 Å². The molecule has 1 amide bonds. The number of amides is 1. The zero-order chi connectivity index (χ0) is 19.4. The van der Waals surface area contributed by atoms with Crippen LogP contribution >= 0.6 is 11.3 Å². The summed E-state index contributed by atoms with van der Waals surface area (Å²) in [6.45, 7) is 1.39. The molecule has 0 fully saturated rings. The third-order valence-electron chi connectivity index (χ3n) is 4.14. The van der Waals surface area contributed by atoms with Gasteiger partial charge in [0.1, 0.15) is 11.6 Å². The van der Waals surface area contributed by atoms with Crippen LogP contribution in [0.3, 0.4) is 0 Å². The fraction of sp³-hybridized carbons (Fsp3) is 0.300. The van der Waals surface area contributed by atoms with Gasteiger partial charge in [-0.15, -0.1) is 0 Å². The van der Waals surface area contributed by atoms with Crippen LogP contribution in [0.25, 0.3) is 10.2 Å². The molecule has 0 radical (unpaired) electrons. The molecular formula is C20H22FN3O2S. The molecular weight excluding hydrogens is 365 g/mol. The second kappa shape index (κ2) is 8.45. The molecule has 7 heteroatoms. The number of fused-ring (bicyclic) bond motifs is 1. The van der Waals surface area contributed by atoms with E-state index in [1.54, 1.807) is 42.3 Å². The minimum absolute atomic E-state index is 0.129. The van der Waals surface area contributed by atoms with Crippen molar-refractivity contribution >= 4 is 32.6 Å². The van der Waals surface area contributed by atoms with E-state index in [1.165, 1.54) is 23.5 Å². The average Bonchev–Trinajstić information content (AvgIpc) is 3.07. The fourth-order valence-corrected chi connectivity index (χ4v) is 3.74. The van der Waals surface area contributed by atoms with Gasteiger partial charge in [0.15, 0.2) is 5.13 Å². The van der Waals surface area contributed by atoms with Crippen LogP contribution in [0, 0.1) is 5.82 Å². The number of ether oxygens (including phenoxy) is 1. The Balaban J connectivity index is 1.91. The number of anilines is 1. The minimum atomic E-state index is -0.307. The topological polar surface area (TPSA) is 45.7 Å². The molecule has 0 aliphatic rings. The highest BCUT2D eigenvalue weighted by Crippen LogP contribution is 2.30. The molecule has 3 aromatic rings. The van der Waals surface area contributed by atoms with E-state index in [2.05, 4.69) is 9.88 Å². The number of carbonyl (C=O) groups is 1. The van der Waals surface area contributed by atoms with Crippen LogP contribution in [0.15, 0.2) is 42.5 Å².